The van der Waals surface area contributed by atoms with Crippen molar-refractivity contribution in [1.29, 1.82) is 0 Å². The summed E-state index contributed by atoms with van der Waals surface area (Å²) in [5, 5.41) is 10.3. The number of amides is 2. The molecule has 0 bridgehead atoms. The Morgan fingerprint density at radius 1 is 1.24 bits per heavy atom. The van der Waals surface area contributed by atoms with E-state index in [1.807, 2.05) is 0 Å². The second kappa shape index (κ2) is 4.95. The highest BCUT2D eigenvalue weighted by molar-refractivity contribution is 9.09. The van der Waals surface area contributed by atoms with Crippen LogP contribution in [0.4, 0.5) is 0 Å². The van der Waals surface area contributed by atoms with Crippen molar-refractivity contribution in [1.82, 2.24) is 5.06 Å². The third-order valence-electron chi connectivity index (χ3n) is 2.33. The first-order chi connectivity index (χ1) is 8.15. The molecule has 0 saturated carbocycles. The zero-order chi connectivity index (χ0) is 12.4. The molecule has 1 aliphatic heterocycles. The van der Waals surface area contributed by atoms with Crippen LogP contribution < -0.4 is 0 Å². The summed E-state index contributed by atoms with van der Waals surface area (Å²) < 4.78 is 0. The van der Waals surface area contributed by atoms with Crippen molar-refractivity contribution in [2.24, 2.45) is 0 Å². The second-order valence-electron chi connectivity index (χ2n) is 3.55. The summed E-state index contributed by atoms with van der Waals surface area (Å²) >= 11 is 3.06. The van der Waals surface area contributed by atoms with Crippen molar-refractivity contribution in [3.05, 3.63) is 35.4 Å². The van der Waals surface area contributed by atoms with Crippen LogP contribution in [-0.4, -0.2) is 40.0 Å². The van der Waals surface area contributed by atoms with Crippen LogP contribution in [0.3, 0.4) is 0 Å². The predicted octanol–water partition coefficient (Wildman–Crippen LogP) is 0.970. The molecule has 90 valence electrons. The third-order valence-corrected chi connectivity index (χ3v) is 3.08. The molecule has 1 heterocycles. The lowest BCUT2D eigenvalue weighted by Gasteiger charge is -2.15. The highest BCUT2D eigenvalue weighted by atomic mass is 79.9. The number of benzene rings is 1. The van der Waals surface area contributed by atoms with Crippen LogP contribution in [-0.2, 0) is 4.84 Å². The minimum Gasteiger partial charge on any atom is -0.390 e. The second-order valence-corrected chi connectivity index (χ2v) is 4.20. The van der Waals surface area contributed by atoms with Gasteiger partial charge in [0.05, 0.1) is 17.2 Å². The molecule has 1 aromatic carbocycles. The van der Waals surface area contributed by atoms with Gasteiger partial charge in [0, 0.05) is 5.33 Å². The van der Waals surface area contributed by atoms with Gasteiger partial charge in [-0.05, 0) is 12.1 Å². The highest BCUT2D eigenvalue weighted by Gasteiger charge is 2.36. The summed E-state index contributed by atoms with van der Waals surface area (Å²) in [6.07, 6.45) is -0.765. The van der Waals surface area contributed by atoms with Gasteiger partial charge in [0.2, 0.25) is 0 Å². The average molecular weight is 300 g/mol. The maximum atomic E-state index is 11.8. The number of hydroxylamine groups is 2. The van der Waals surface area contributed by atoms with Crippen LogP contribution in [0, 0.1) is 0 Å². The molecule has 6 heteroatoms. The lowest BCUT2D eigenvalue weighted by Crippen LogP contribution is -2.33. The molecule has 0 aliphatic carbocycles. The Balaban J connectivity index is 2.13. The number of hydrogen-bond donors (Lipinski definition) is 1. The van der Waals surface area contributed by atoms with E-state index in [0.29, 0.717) is 21.5 Å². The number of carbonyl (C=O) groups is 2. The van der Waals surface area contributed by atoms with Crippen LogP contribution in [0.15, 0.2) is 24.3 Å². The number of aliphatic hydroxyl groups is 1. The summed E-state index contributed by atoms with van der Waals surface area (Å²) in [7, 11) is 0. The predicted molar refractivity (Wildman–Crippen MR) is 62.7 cm³/mol. The smallest absolute Gasteiger partial charge is 0.285 e. The lowest BCUT2D eigenvalue weighted by atomic mass is 10.1. The molecule has 1 unspecified atom stereocenters. The molecule has 0 fully saturated rings. The molecule has 2 amide bonds. The number of alkyl halides is 1. The Hall–Kier alpha value is -1.24. The van der Waals surface area contributed by atoms with Gasteiger partial charge < -0.3 is 5.11 Å². The molecule has 0 aromatic heterocycles. The number of aliphatic hydroxyl groups excluding tert-OH is 1. The van der Waals surface area contributed by atoms with Gasteiger partial charge in [0.1, 0.15) is 6.61 Å². The maximum Gasteiger partial charge on any atom is 0.285 e. The van der Waals surface area contributed by atoms with E-state index in [2.05, 4.69) is 15.9 Å². The SMILES string of the molecule is O=C1c2ccccc2C(=O)N1OCC(O)CBr. The maximum absolute atomic E-state index is 11.8. The van der Waals surface area contributed by atoms with Crippen LogP contribution in [0.25, 0.3) is 0 Å². The molecule has 1 N–H and O–H groups in total. The van der Waals surface area contributed by atoms with Crippen LogP contribution in [0.1, 0.15) is 20.7 Å². The fourth-order valence-electron chi connectivity index (χ4n) is 1.49. The van der Waals surface area contributed by atoms with Crippen molar-refractivity contribution >= 4 is 27.7 Å². The minimum atomic E-state index is -0.765. The number of nitrogens with zero attached hydrogens (tertiary/aromatic N) is 1. The monoisotopic (exact) mass is 299 g/mol. The quantitative estimate of drug-likeness (QED) is 0.664. The number of halogens is 1. The van der Waals surface area contributed by atoms with E-state index >= 15 is 0 Å². The highest BCUT2D eigenvalue weighted by Crippen LogP contribution is 2.22. The van der Waals surface area contributed by atoms with Gasteiger partial charge >= 0.3 is 0 Å². The first-order valence-electron chi connectivity index (χ1n) is 5.00. The van der Waals surface area contributed by atoms with E-state index in [1.165, 1.54) is 0 Å². The number of carbonyl (C=O) groups excluding carboxylic acids is 2. The molecule has 0 radical (unpaired) electrons. The van der Waals surface area contributed by atoms with Crippen molar-refractivity contribution in [3.63, 3.8) is 0 Å². The molecule has 1 aromatic rings. The normalized spacial score (nSPS) is 16.2. The van der Waals surface area contributed by atoms with Crippen molar-refractivity contribution in [2.45, 2.75) is 6.10 Å². The Bertz CT molecular complexity index is 428. The summed E-state index contributed by atoms with van der Waals surface area (Å²) in [5.74, 6) is -0.986. The van der Waals surface area contributed by atoms with Crippen LogP contribution in [0.5, 0.6) is 0 Å². The molecule has 5 nitrogen and oxygen atoms in total. The Morgan fingerprint density at radius 2 is 1.76 bits per heavy atom. The summed E-state index contributed by atoms with van der Waals surface area (Å²) in [6.45, 7) is -0.114. The Labute approximate surface area is 106 Å². The largest absolute Gasteiger partial charge is 0.390 e. The van der Waals surface area contributed by atoms with Gasteiger partial charge in [-0.3, -0.25) is 14.4 Å². The third kappa shape index (κ3) is 2.24. The first kappa shape index (κ1) is 12.2. The average Bonchev–Trinajstić information content (AvgIpc) is 2.60. The molecule has 2 rings (SSSR count). The van der Waals surface area contributed by atoms with Gasteiger partial charge in [-0.2, -0.15) is 0 Å². The van der Waals surface area contributed by atoms with Gasteiger partial charge in [0.25, 0.3) is 11.8 Å². The topological polar surface area (TPSA) is 66.8 Å². The van der Waals surface area contributed by atoms with E-state index in [0.717, 1.165) is 0 Å². The molecule has 0 spiro atoms. The first-order valence-corrected chi connectivity index (χ1v) is 6.12. The van der Waals surface area contributed by atoms with Gasteiger partial charge in [-0.15, -0.1) is 5.06 Å². The van der Waals surface area contributed by atoms with E-state index < -0.39 is 17.9 Å². The van der Waals surface area contributed by atoms with E-state index in [1.54, 1.807) is 24.3 Å². The van der Waals surface area contributed by atoms with E-state index in [-0.39, 0.29) is 6.61 Å². The molecular weight excluding hydrogens is 290 g/mol. The number of imide groups is 1. The van der Waals surface area contributed by atoms with Gasteiger partial charge in [-0.25, -0.2) is 0 Å². The summed E-state index contributed by atoms with van der Waals surface area (Å²) in [6, 6.07) is 6.50. The van der Waals surface area contributed by atoms with Gasteiger partial charge in [0.15, 0.2) is 0 Å². The molecule has 17 heavy (non-hydrogen) atoms. The van der Waals surface area contributed by atoms with Crippen molar-refractivity contribution < 1.29 is 19.5 Å². The molecule has 1 aliphatic rings. The van der Waals surface area contributed by atoms with Crippen LogP contribution >= 0.6 is 15.9 Å². The Kier molecular flexibility index (Phi) is 3.56. The van der Waals surface area contributed by atoms with Crippen molar-refractivity contribution in [2.75, 3.05) is 11.9 Å². The number of hydrogen-bond acceptors (Lipinski definition) is 4. The Morgan fingerprint density at radius 3 is 2.24 bits per heavy atom. The van der Waals surface area contributed by atoms with Gasteiger partial charge in [-0.1, -0.05) is 28.1 Å². The summed E-state index contributed by atoms with van der Waals surface area (Å²) in [4.78, 5) is 28.6. The molecular formula is C11H10BrNO4. The minimum absolute atomic E-state index is 0.114. The number of fused-ring (bicyclic) bond motifs is 1. The summed E-state index contributed by atoms with van der Waals surface area (Å²) in [5.41, 5.74) is 0.650. The molecule has 0 saturated heterocycles. The number of rotatable bonds is 4. The van der Waals surface area contributed by atoms with Crippen LogP contribution in [0.2, 0.25) is 0 Å². The van der Waals surface area contributed by atoms with E-state index in [4.69, 9.17) is 4.84 Å². The van der Waals surface area contributed by atoms with Crippen molar-refractivity contribution in [3.8, 4) is 0 Å². The van der Waals surface area contributed by atoms with E-state index in [9.17, 15) is 14.7 Å². The zero-order valence-electron chi connectivity index (χ0n) is 8.80. The lowest BCUT2D eigenvalue weighted by molar-refractivity contribution is -0.112. The fraction of sp³-hybridized carbons (Fsp3) is 0.273. The molecule has 1 atom stereocenters. The zero-order valence-corrected chi connectivity index (χ0v) is 10.4. The fourth-order valence-corrected chi connectivity index (χ4v) is 1.68. The standard InChI is InChI=1S/C11H10BrNO4/c12-5-7(14)6-17-13-10(15)8-3-1-2-4-9(8)11(13)16/h1-4,7,14H,5-6H2.